The van der Waals surface area contributed by atoms with E-state index in [9.17, 15) is 19.5 Å². The Morgan fingerprint density at radius 1 is 1.05 bits per heavy atom. The van der Waals surface area contributed by atoms with Crippen molar-refractivity contribution in [1.29, 1.82) is 0 Å². The van der Waals surface area contributed by atoms with E-state index in [1.807, 2.05) is 18.3 Å². The number of benzene rings is 2. The summed E-state index contributed by atoms with van der Waals surface area (Å²) in [6, 6.07) is 13.9. The van der Waals surface area contributed by atoms with Gasteiger partial charge in [0, 0.05) is 47.6 Å². The predicted octanol–water partition coefficient (Wildman–Crippen LogP) is 6.65. The largest absolute Gasteiger partial charge is 0.508 e. The van der Waals surface area contributed by atoms with Crippen LogP contribution in [0.4, 0.5) is 0 Å². The van der Waals surface area contributed by atoms with Crippen LogP contribution in [0.15, 0.2) is 54.7 Å². The molecule has 2 aliphatic heterocycles. The molecule has 6 bridgehead atoms. The van der Waals surface area contributed by atoms with E-state index in [2.05, 4.69) is 79.5 Å². The van der Waals surface area contributed by atoms with Crippen molar-refractivity contribution in [2.75, 3.05) is 20.2 Å². The summed E-state index contributed by atoms with van der Waals surface area (Å²) >= 11 is 0. The number of likely N-dealkylation sites (N-methyl/N-ethyl adjacent to an activating group) is 1. The van der Waals surface area contributed by atoms with Gasteiger partial charge in [0.25, 0.3) is 5.91 Å². The maximum Gasteiger partial charge on any atom is 0.324 e. The maximum absolute atomic E-state index is 14.4. The van der Waals surface area contributed by atoms with Crippen molar-refractivity contribution >= 4 is 28.7 Å². The molecule has 2 aromatic carbocycles. The first-order valence-electron chi connectivity index (χ1n) is 20.5. The first-order chi connectivity index (χ1) is 26.9. The van der Waals surface area contributed by atoms with Gasteiger partial charge in [0.05, 0.1) is 24.0 Å². The van der Waals surface area contributed by atoms with Crippen molar-refractivity contribution in [2.45, 2.75) is 117 Å². The van der Waals surface area contributed by atoms with Gasteiger partial charge < -0.3 is 25.0 Å². The Morgan fingerprint density at radius 2 is 1.84 bits per heavy atom. The van der Waals surface area contributed by atoms with Crippen LogP contribution in [0.2, 0.25) is 0 Å². The lowest BCUT2D eigenvalue weighted by molar-refractivity contribution is -0.155. The number of nitrogens with one attached hydrogen (secondary N) is 3. The topological polar surface area (TPSA) is 138 Å². The highest BCUT2D eigenvalue weighted by Crippen LogP contribution is 2.42. The molecule has 11 nitrogen and oxygen atoms in total. The highest BCUT2D eigenvalue weighted by atomic mass is 16.5. The average Bonchev–Trinajstić information content (AvgIpc) is 3.82. The van der Waals surface area contributed by atoms with Crippen LogP contribution >= 0.6 is 0 Å². The molecule has 2 aromatic heterocycles. The number of carbonyl (C=O) groups excluding carboxylic acids is 3. The zero-order chi connectivity index (χ0) is 39.7. The maximum atomic E-state index is 14.4. The van der Waals surface area contributed by atoms with E-state index in [1.54, 1.807) is 19.2 Å². The van der Waals surface area contributed by atoms with E-state index in [4.69, 9.17) is 9.72 Å². The molecule has 4 N–H and O–H groups in total. The van der Waals surface area contributed by atoms with E-state index >= 15 is 0 Å². The van der Waals surface area contributed by atoms with E-state index in [1.165, 1.54) is 5.01 Å². The number of aromatic hydroxyl groups is 1. The van der Waals surface area contributed by atoms with Crippen molar-refractivity contribution in [3.63, 3.8) is 0 Å². The van der Waals surface area contributed by atoms with Gasteiger partial charge in [-0.1, -0.05) is 52.7 Å². The Bertz CT molecular complexity index is 2100. The second-order valence-electron chi connectivity index (χ2n) is 17.1. The number of ether oxygens (including phenoxy) is 1. The fourth-order valence-corrected chi connectivity index (χ4v) is 9.22. The number of aromatic nitrogens is 2. The number of hydrogen-bond donors (Lipinski definition) is 4. The molecule has 4 aromatic rings. The smallest absolute Gasteiger partial charge is 0.324 e. The number of carbonyl (C=O) groups is 3. The standard InChI is InChI=1S/C45H58N6O5/c1-7-50-38-17-16-30-24-34(38)35(41(50)33-14-10-18-47-39(33)27(2)3)25-45(4,5)26-56-44(55)36-15-11-19-51(49-36)43(54)37(22-28-20-31(30)23-32(52)21-28)48-42(53)40(46-6)29-12-8-9-13-29/h10,14,16-18,20-21,23-24,27,29,36-37,40,46,49,52H,7-9,11-13,15,19,22,25-26H2,1-6H3,(H,48,53)/t36-,37-,40-/m0/s1. The number of aryl methyl sites for hydroxylation is 1. The van der Waals surface area contributed by atoms with Crippen LogP contribution in [0.5, 0.6) is 5.75 Å². The van der Waals surface area contributed by atoms with Gasteiger partial charge in [-0.2, -0.15) is 0 Å². The third kappa shape index (κ3) is 8.07. The van der Waals surface area contributed by atoms with E-state index in [0.717, 1.165) is 76.8 Å². The molecule has 4 heterocycles. The van der Waals surface area contributed by atoms with Gasteiger partial charge in [-0.25, -0.2) is 5.43 Å². The fraction of sp³-hybridized carbons (Fsp3) is 0.511. The number of phenolic OH excluding ortho intramolecular Hbond substituents is 1. The molecule has 1 aliphatic carbocycles. The summed E-state index contributed by atoms with van der Waals surface area (Å²) in [6.07, 6.45) is 7.83. The molecule has 3 atom stereocenters. The van der Waals surface area contributed by atoms with Gasteiger partial charge in [0.1, 0.15) is 17.8 Å². The van der Waals surface area contributed by atoms with Crippen LogP contribution in [0.25, 0.3) is 33.3 Å². The van der Waals surface area contributed by atoms with Crippen molar-refractivity contribution < 1.29 is 24.2 Å². The van der Waals surface area contributed by atoms with E-state index in [0.29, 0.717) is 31.4 Å². The minimum atomic E-state index is -0.945. The number of esters is 1. The predicted molar refractivity (Wildman–Crippen MR) is 219 cm³/mol. The molecular formula is C45H58N6O5. The normalized spacial score (nSPS) is 21.2. The molecular weight excluding hydrogens is 705 g/mol. The number of hydrogen-bond acceptors (Lipinski definition) is 8. The second-order valence-corrected chi connectivity index (χ2v) is 17.1. The van der Waals surface area contributed by atoms with Gasteiger partial charge in [-0.15, -0.1) is 0 Å². The molecule has 2 amide bonds. The molecule has 0 spiro atoms. The lowest BCUT2D eigenvalue weighted by Crippen LogP contribution is -2.61. The first-order valence-corrected chi connectivity index (χ1v) is 20.5. The Labute approximate surface area is 330 Å². The summed E-state index contributed by atoms with van der Waals surface area (Å²) in [6.45, 7) is 12.0. The summed E-state index contributed by atoms with van der Waals surface area (Å²) in [4.78, 5) is 46.9. The van der Waals surface area contributed by atoms with E-state index in [-0.39, 0.29) is 42.4 Å². The summed E-state index contributed by atoms with van der Waals surface area (Å²) in [5.41, 5.74) is 10.6. The Kier molecular flexibility index (Phi) is 11.6. The van der Waals surface area contributed by atoms with Gasteiger partial charge in [0.15, 0.2) is 0 Å². The zero-order valence-electron chi connectivity index (χ0n) is 33.8. The number of phenols is 1. The van der Waals surface area contributed by atoms with Gasteiger partial charge >= 0.3 is 5.97 Å². The third-order valence-electron chi connectivity index (χ3n) is 12.0. The number of nitrogens with zero attached hydrogens (tertiary/aromatic N) is 3. The average molecular weight is 763 g/mol. The monoisotopic (exact) mass is 762 g/mol. The minimum Gasteiger partial charge on any atom is -0.508 e. The van der Waals surface area contributed by atoms with Crippen LogP contribution in [0.1, 0.15) is 95.9 Å². The van der Waals surface area contributed by atoms with Crippen molar-refractivity contribution in [3.8, 4) is 28.1 Å². The van der Waals surface area contributed by atoms with Gasteiger partial charge in [0.2, 0.25) is 5.91 Å². The quantitative estimate of drug-likeness (QED) is 0.154. The van der Waals surface area contributed by atoms with Crippen LogP contribution in [0, 0.1) is 11.3 Å². The summed E-state index contributed by atoms with van der Waals surface area (Å²) in [5, 5.41) is 20.0. The van der Waals surface area contributed by atoms with Crippen molar-refractivity contribution in [1.82, 2.24) is 30.6 Å². The van der Waals surface area contributed by atoms with Crippen LogP contribution < -0.4 is 16.1 Å². The first kappa shape index (κ1) is 39.5. The minimum absolute atomic E-state index is 0.0765. The third-order valence-corrected chi connectivity index (χ3v) is 12.0. The number of fused-ring (bicyclic) bond motifs is 6. The van der Waals surface area contributed by atoms with Crippen molar-refractivity contribution in [2.24, 2.45) is 11.3 Å². The number of rotatable bonds is 7. The number of pyridine rings is 1. The van der Waals surface area contributed by atoms with Gasteiger partial charge in [-0.3, -0.25) is 24.4 Å². The molecule has 0 radical (unpaired) electrons. The molecule has 2 fully saturated rings. The van der Waals surface area contributed by atoms with E-state index < -0.39 is 29.5 Å². The number of hydrazine groups is 1. The molecule has 298 valence electrons. The number of amides is 2. The van der Waals surface area contributed by atoms with Crippen LogP contribution in [0.3, 0.4) is 0 Å². The molecule has 1 saturated heterocycles. The molecule has 1 saturated carbocycles. The van der Waals surface area contributed by atoms with Crippen LogP contribution in [-0.2, 0) is 38.5 Å². The molecule has 3 aliphatic rings. The molecule has 56 heavy (non-hydrogen) atoms. The molecule has 7 rings (SSSR count). The summed E-state index contributed by atoms with van der Waals surface area (Å²) in [5.74, 6) is -0.493. The lowest BCUT2D eigenvalue weighted by Gasteiger charge is -2.36. The molecule has 11 heteroatoms. The SMILES string of the molecule is CCn1c(-c2cccnc2C(C)C)c2c3cc(ccc31)-c1cc(O)cc(c1)C[C@H](NC(=O)[C@@H](NC)C1CCCC1)C(=O)N1CCC[C@H](N1)C(=O)OCC(C)(C)C2. The van der Waals surface area contributed by atoms with Crippen molar-refractivity contribution in [3.05, 3.63) is 71.5 Å². The Balaban J connectivity index is 1.37. The molecule has 0 unspecified atom stereocenters. The summed E-state index contributed by atoms with van der Waals surface area (Å²) in [7, 11) is 1.79. The second kappa shape index (κ2) is 16.4. The Morgan fingerprint density at radius 3 is 2.57 bits per heavy atom. The lowest BCUT2D eigenvalue weighted by atomic mass is 9.83. The zero-order valence-corrected chi connectivity index (χ0v) is 33.8. The van der Waals surface area contributed by atoms with Crippen LogP contribution in [-0.4, -0.2) is 75.8 Å². The van der Waals surface area contributed by atoms with Gasteiger partial charge in [-0.05, 0) is 117 Å². The highest BCUT2D eigenvalue weighted by Gasteiger charge is 2.37. The summed E-state index contributed by atoms with van der Waals surface area (Å²) < 4.78 is 8.45. The fourth-order valence-electron chi connectivity index (χ4n) is 9.22. The highest BCUT2D eigenvalue weighted by molar-refractivity contribution is 5.95. The Hall–Kier alpha value is -4.74. The number of cyclic esters (lactones) is 1.